The zero-order valence-electron chi connectivity index (χ0n) is 16.0. The van der Waals surface area contributed by atoms with Crippen molar-refractivity contribution in [1.29, 1.82) is 0 Å². The molecule has 2 N–H and O–H groups in total. The number of aliphatic imine (C=N–C) groups is 1. The van der Waals surface area contributed by atoms with Crippen LogP contribution >= 0.6 is 0 Å². The van der Waals surface area contributed by atoms with E-state index >= 15 is 0 Å². The molecule has 0 aliphatic carbocycles. The maximum atomic E-state index is 5.90. The quantitative estimate of drug-likeness (QED) is 0.561. The van der Waals surface area contributed by atoms with Gasteiger partial charge in [-0.25, -0.2) is 0 Å². The summed E-state index contributed by atoms with van der Waals surface area (Å²) in [5, 5.41) is 6.94. The molecular weight excluding hydrogens is 312 g/mol. The highest BCUT2D eigenvalue weighted by atomic mass is 16.5. The molecule has 25 heavy (non-hydrogen) atoms. The molecule has 1 unspecified atom stereocenters. The molecule has 0 spiro atoms. The Hall–Kier alpha value is -1.75. The number of ether oxygens (including phenoxy) is 1. The zero-order chi connectivity index (χ0) is 17.9. The van der Waals surface area contributed by atoms with Crippen LogP contribution in [-0.2, 0) is 0 Å². The topological polar surface area (TPSA) is 48.9 Å². The summed E-state index contributed by atoms with van der Waals surface area (Å²) in [7, 11) is 1.83. The van der Waals surface area contributed by atoms with Gasteiger partial charge in [0.2, 0.25) is 0 Å². The third-order valence-corrected chi connectivity index (χ3v) is 4.62. The molecule has 1 saturated heterocycles. The summed E-state index contributed by atoms with van der Waals surface area (Å²) in [5.74, 6) is 1.77. The number of guanidine groups is 1. The molecule has 1 fully saturated rings. The first-order valence-corrected chi connectivity index (χ1v) is 9.62. The van der Waals surface area contributed by atoms with Crippen molar-refractivity contribution in [3.63, 3.8) is 0 Å². The molecule has 0 aromatic heterocycles. The minimum absolute atomic E-state index is 0.0804. The molecule has 0 amide bonds. The molecule has 1 aliphatic rings. The summed E-state index contributed by atoms with van der Waals surface area (Å²) in [6.07, 6.45) is 5.02. The smallest absolute Gasteiger partial charge is 0.191 e. The molecule has 0 bridgehead atoms. The van der Waals surface area contributed by atoms with Gasteiger partial charge in [-0.15, -0.1) is 0 Å². The van der Waals surface area contributed by atoms with Crippen LogP contribution in [0.5, 0.6) is 5.75 Å². The monoisotopic (exact) mass is 346 g/mol. The van der Waals surface area contributed by atoms with Gasteiger partial charge in [-0.1, -0.05) is 31.5 Å². The first-order chi connectivity index (χ1) is 12.2. The van der Waals surface area contributed by atoms with Crippen molar-refractivity contribution in [2.45, 2.75) is 51.7 Å². The Kier molecular flexibility index (Phi) is 8.60. The molecule has 2 rings (SSSR count). The number of nitrogens with one attached hydrogen (secondary N) is 2. The van der Waals surface area contributed by atoms with Crippen LogP contribution in [0.25, 0.3) is 0 Å². The SMILES string of the molecule is CCCCN1CCC(NC(=NC)NCC(C)Oc2ccccc2)CC1. The van der Waals surface area contributed by atoms with Gasteiger partial charge in [-0.2, -0.15) is 0 Å². The first kappa shape index (κ1) is 19.6. The number of likely N-dealkylation sites (tertiary alicyclic amines) is 1. The lowest BCUT2D eigenvalue weighted by Crippen LogP contribution is -2.50. The zero-order valence-corrected chi connectivity index (χ0v) is 16.0. The highest BCUT2D eigenvalue weighted by Gasteiger charge is 2.19. The number of hydrogen-bond acceptors (Lipinski definition) is 3. The Labute approximate surface area is 152 Å². The predicted octanol–water partition coefficient (Wildman–Crippen LogP) is 2.88. The van der Waals surface area contributed by atoms with E-state index < -0.39 is 0 Å². The van der Waals surface area contributed by atoms with Crippen LogP contribution in [-0.4, -0.2) is 56.2 Å². The van der Waals surface area contributed by atoms with E-state index in [0.717, 1.165) is 18.3 Å². The molecule has 1 aromatic carbocycles. The predicted molar refractivity (Wildman–Crippen MR) is 105 cm³/mol. The summed E-state index contributed by atoms with van der Waals surface area (Å²) < 4.78 is 5.90. The van der Waals surface area contributed by atoms with E-state index in [1.165, 1.54) is 45.3 Å². The number of rotatable bonds is 8. The van der Waals surface area contributed by atoms with Crippen molar-refractivity contribution in [3.05, 3.63) is 30.3 Å². The first-order valence-electron chi connectivity index (χ1n) is 9.62. The summed E-state index contributed by atoms with van der Waals surface area (Å²) in [6, 6.07) is 10.4. The van der Waals surface area contributed by atoms with Crippen molar-refractivity contribution in [3.8, 4) is 5.75 Å². The molecule has 1 atom stereocenters. The van der Waals surface area contributed by atoms with Crippen molar-refractivity contribution < 1.29 is 4.74 Å². The summed E-state index contributed by atoms with van der Waals surface area (Å²) in [6.45, 7) is 8.66. The minimum atomic E-state index is 0.0804. The van der Waals surface area contributed by atoms with E-state index in [1.54, 1.807) is 0 Å². The van der Waals surface area contributed by atoms with Gasteiger partial charge in [0.25, 0.3) is 0 Å². The molecule has 1 aliphatic heterocycles. The lowest BCUT2D eigenvalue weighted by molar-refractivity contribution is 0.202. The van der Waals surface area contributed by atoms with Crippen LogP contribution in [0.15, 0.2) is 35.3 Å². The molecular formula is C20H34N4O. The van der Waals surface area contributed by atoms with Crippen LogP contribution in [0.3, 0.4) is 0 Å². The van der Waals surface area contributed by atoms with E-state index in [0.29, 0.717) is 6.04 Å². The maximum Gasteiger partial charge on any atom is 0.191 e. The van der Waals surface area contributed by atoms with Crippen molar-refractivity contribution in [2.24, 2.45) is 4.99 Å². The Balaban J connectivity index is 1.67. The standard InChI is InChI=1S/C20H34N4O/c1-4-5-13-24-14-11-18(12-15-24)23-20(21-3)22-16-17(2)25-19-9-7-6-8-10-19/h6-10,17-18H,4-5,11-16H2,1-3H3,(H2,21,22,23). The molecule has 1 aromatic rings. The van der Waals surface area contributed by atoms with E-state index in [9.17, 15) is 0 Å². The third-order valence-electron chi connectivity index (χ3n) is 4.62. The number of benzene rings is 1. The van der Waals surface area contributed by atoms with Crippen molar-refractivity contribution in [2.75, 3.05) is 33.2 Å². The number of para-hydroxylation sites is 1. The van der Waals surface area contributed by atoms with E-state index in [4.69, 9.17) is 4.74 Å². The highest BCUT2D eigenvalue weighted by Crippen LogP contribution is 2.12. The summed E-state index contributed by atoms with van der Waals surface area (Å²) in [4.78, 5) is 6.93. The summed E-state index contributed by atoms with van der Waals surface area (Å²) >= 11 is 0. The lowest BCUT2D eigenvalue weighted by atomic mass is 10.0. The molecule has 0 radical (unpaired) electrons. The second-order valence-corrected chi connectivity index (χ2v) is 6.81. The van der Waals surface area contributed by atoms with Gasteiger partial charge in [-0.05, 0) is 44.9 Å². The van der Waals surface area contributed by atoms with Crippen molar-refractivity contribution >= 4 is 5.96 Å². The minimum Gasteiger partial charge on any atom is -0.489 e. The number of nitrogens with zero attached hydrogens (tertiary/aromatic N) is 2. The van der Waals surface area contributed by atoms with Crippen LogP contribution < -0.4 is 15.4 Å². The Morgan fingerprint density at radius 1 is 1.28 bits per heavy atom. The molecule has 0 saturated carbocycles. The average Bonchev–Trinajstić information content (AvgIpc) is 2.65. The second-order valence-electron chi connectivity index (χ2n) is 6.81. The van der Waals surface area contributed by atoms with Gasteiger partial charge in [0.1, 0.15) is 11.9 Å². The van der Waals surface area contributed by atoms with Crippen molar-refractivity contribution in [1.82, 2.24) is 15.5 Å². The van der Waals surface area contributed by atoms with Gasteiger partial charge >= 0.3 is 0 Å². The fourth-order valence-electron chi connectivity index (χ4n) is 3.08. The fraction of sp³-hybridized carbons (Fsp3) is 0.650. The second kappa shape index (κ2) is 11.0. The maximum absolute atomic E-state index is 5.90. The lowest BCUT2D eigenvalue weighted by Gasteiger charge is -2.33. The van der Waals surface area contributed by atoms with Gasteiger partial charge in [0, 0.05) is 26.2 Å². The van der Waals surface area contributed by atoms with Gasteiger partial charge in [0.05, 0.1) is 6.54 Å². The molecule has 140 valence electrons. The van der Waals surface area contributed by atoms with Crippen LogP contribution in [0.4, 0.5) is 0 Å². The molecule has 5 heteroatoms. The Bertz CT molecular complexity index is 498. The van der Waals surface area contributed by atoms with E-state index in [-0.39, 0.29) is 6.10 Å². The third kappa shape index (κ3) is 7.34. The molecule has 5 nitrogen and oxygen atoms in total. The van der Waals surface area contributed by atoms with Gasteiger partial charge in [0.15, 0.2) is 5.96 Å². The largest absolute Gasteiger partial charge is 0.489 e. The van der Waals surface area contributed by atoms with Gasteiger partial charge < -0.3 is 20.3 Å². The van der Waals surface area contributed by atoms with Crippen LogP contribution in [0, 0.1) is 0 Å². The Morgan fingerprint density at radius 3 is 2.64 bits per heavy atom. The van der Waals surface area contributed by atoms with E-state index in [2.05, 4.69) is 34.4 Å². The highest BCUT2D eigenvalue weighted by molar-refractivity contribution is 5.80. The summed E-state index contributed by atoms with van der Waals surface area (Å²) in [5.41, 5.74) is 0. The van der Waals surface area contributed by atoms with E-state index in [1.807, 2.05) is 37.4 Å². The number of hydrogen-bond donors (Lipinski definition) is 2. The number of unbranched alkanes of at least 4 members (excludes halogenated alkanes) is 1. The van der Waals surface area contributed by atoms with Crippen LogP contribution in [0.1, 0.15) is 39.5 Å². The fourth-order valence-corrected chi connectivity index (χ4v) is 3.08. The average molecular weight is 347 g/mol. The Morgan fingerprint density at radius 2 is 2.00 bits per heavy atom. The normalized spacial score (nSPS) is 18.0. The number of piperidine rings is 1. The van der Waals surface area contributed by atoms with Crippen LogP contribution in [0.2, 0.25) is 0 Å². The van der Waals surface area contributed by atoms with Gasteiger partial charge in [-0.3, -0.25) is 4.99 Å². The molecule has 1 heterocycles.